The van der Waals surface area contributed by atoms with Crippen LogP contribution in [0.15, 0.2) is 54.6 Å². The Hall–Kier alpha value is -3.07. The molecule has 0 spiro atoms. The van der Waals surface area contributed by atoms with Gasteiger partial charge in [0, 0.05) is 12.6 Å². The molecule has 1 aliphatic rings. The number of hydrogen-bond donors (Lipinski definition) is 1. The van der Waals surface area contributed by atoms with Crippen molar-refractivity contribution >= 4 is 27.5 Å². The second-order valence-corrected chi connectivity index (χ2v) is 10.8. The monoisotopic (exact) mass is 501 g/mol. The van der Waals surface area contributed by atoms with Crippen LogP contribution in [0.3, 0.4) is 0 Å². The summed E-state index contributed by atoms with van der Waals surface area (Å²) in [6.45, 7) is 1.66. The van der Waals surface area contributed by atoms with E-state index in [0.29, 0.717) is 17.9 Å². The summed E-state index contributed by atoms with van der Waals surface area (Å²) in [4.78, 5) is 28.4. The van der Waals surface area contributed by atoms with Crippen LogP contribution in [0.2, 0.25) is 0 Å². The number of carbonyl (C=O) groups is 2. The lowest BCUT2D eigenvalue weighted by Gasteiger charge is -2.33. The molecule has 0 bridgehead atoms. The Bertz CT molecular complexity index is 1080. The summed E-state index contributed by atoms with van der Waals surface area (Å²) in [5, 5.41) is 3.10. The van der Waals surface area contributed by atoms with Gasteiger partial charge in [-0.1, -0.05) is 50.1 Å². The summed E-state index contributed by atoms with van der Waals surface area (Å²) in [7, 11) is -2.24. The van der Waals surface area contributed by atoms with Crippen LogP contribution in [-0.4, -0.2) is 57.1 Å². The second kappa shape index (κ2) is 12.1. The highest BCUT2D eigenvalue weighted by atomic mass is 32.2. The van der Waals surface area contributed by atoms with E-state index in [1.54, 1.807) is 24.3 Å². The highest BCUT2D eigenvalue weighted by Crippen LogP contribution is 2.23. The lowest BCUT2D eigenvalue weighted by atomic mass is 10.1. The molecule has 9 heteroatoms. The van der Waals surface area contributed by atoms with Gasteiger partial charge < -0.3 is 15.0 Å². The van der Waals surface area contributed by atoms with Gasteiger partial charge in [0.15, 0.2) is 0 Å². The molecule has 190 valence electrons. The average Bonchev–Trinajstić information content (AvgIpc) is 3.35. The van der Waals surface area contributed by atoms with Gasteiger partial charge in [-0.3, -0.25) is 13.9 Å². The molecule has 1 saturated carbocycles. The number of hydrogen-bond acceptors (Lipinski definition) is 5. The molecule has 0 radical (unpaired) electrons. The van der Waals surface area contributed by atoms with Crippen LogP contribution < -0.4 is 14.4 Å². The van der Waals surface area contributed by atoms with Gasteiger partial charge >= 0.3 is 0 Å². The van der Waals surface area contributed by atoms with Crippen LogP contribution in [0.5, 0.6) is 5.75 Å². The smallest absolute Gasteiger partial charge is 0.244 e. The van der Waals surface area contributed by atoms with E-state index >= 15 is 0 Å². The number of carbonyl (C=O) groups excluding carboxylic acids is 2. The van der Waals surface area contributed by atoms with Gasteiger partial charge in [-0.25, -0.2) is 8.42 Å². The molecule has 8 nitrogen and oxygen atoms in total. The third kappa shape index (κ3) is 7.21. The van der Waals surface area contributed by atoms with Crippen molar-refractivity contribution in [2.45, 2.75) is 57.7 Å². The predicted octanol–water partition coefficient (Wildman–Crippen LogP) is 3.33. The molecule has 2 aromatic rings. The first kappa shape index (κ1) is 26.5. The van der Waals surface area contributed by atoms with Gasteiger partial charge in [-0.15, -0.1) is 0 Å². The third-order valence-corrected chi connectivity index (χ3v) is 7.46. The molecule has 35 heavy (non-hydrogen) atoms. The summed E-state index contributed by atoms with van der Waals surface area (Å²) < 4.78 is 31.5. The first-order valence-corrected chi connectivity index (χ1v) is 13.8. The van der Waals surface area contributed by atoms with Gasteiger partial charge in [0.2, 0.25) is 21.8 Å². The summed E-state index contributed by atoms with van der Waals surface area (Å²) >= 11 is 0. The number of sulfonamides is 1. The first-order chi connectivity index (χ1) is 16.7. The first-order valence-electron chi connectivity index (χ1n) is 12.0. The van der Waals surface area contributed by atoms with Crippen LogP contribution >= 0.6 is 0 Å². The number of nitrogens with zero attached hydrogens (tertiary/aromatic N) is 2. The van der Waals surface area contributed by atoms with E-state index < -0.39 is 28.5 Å². The number of methoxy groups -OCH3 is 1. The maximum Gasteiger partial charge on any atom is 0.244 e. The number of amides is 2. The van der Waals surface area contributed by atoms with Crippen molar-refractivity contribution in [3.8, 4) is 5.75 Å². The maximum absolute atomic E-state index is 13.7. The van der Waals surface area contributed by atoms with E-state index in [9.17, 15) is 18.0 Å². The lowest BCUT2D eigenvalue weighted by molar-refractivity contribution is -0.140. The molecule has 0 aliphatic heterocycles. The molecule has 0 saturated heterocycles. The Labute approximate surface area is 208 Å². The molecule has 1 unspecified atom stereocenters. The number of rotatable bonds is 11. The van der Waals surface area contributed by atoms with E-state index in [-0.39, 0.29) is 18.5 Å². The second-order valence-electron chi connectivity index (χ2n) is 8.89. The summed E-state index contributed by atoms with van der Waals surface area (Å²) in [6.07, 6.45) is 5.52. The minimum Gasteiger partial charge on any atom is -0.497 e. The van der Waals surface area contributed by atoms with Crippen LogP contribution in [-0.2, 0) is 26.2 Å². The number of nitrogens with one attached hydrogen (secondary N) is 1. The molecule has 0 aromatic heterocycles. The van der Waals surface area contributed by atoms with Crippen LogP contribution in [0.1, 0.15) is 44.6 Å². The summed E-state index contributed by atoms with van der Waals surface area (Å²) in [5.74, 6) is -0.0589. The Balaban J connectivity index is 1.89. The fourth-order valence-corrected chi connectivity index (χ4v) is 5.28. The molecule has 2 amide bonds. The summed E-state index contributed by atoms with van der Waals surface area (Å²) in [6, 6.07) is 15.3. The number of benzene rings is 2. The molecule has 1 aliphatic carbocycles. The van der Waals surface area contributed by atoms with Gasteiger partial charge in [0.25, 0.3) is 0 Å². The molecular formula is C26H35N3O5S. The number of ether oxygens (including phenoxy) is 1. The standard InChI is InChI=1S/C26H35N3O5S/c1-4-24(26(31)27-21-12-8-9-13-21)28(18-20-10-6-5-7-11-20)25(30)19-29(35(3,32)33)22-14-16-23(34-2)17-15-22/h5-7,10-11,14-17,21,24H,4,8-9,12-13,18-19H2,1-3H3,(H,27,31). The van der Waals surface area contributed by atoms with Crippen LogP contribution in [0, 0.1) is 0 Å². The van der Waals surface area contributed by atoms with Gasteiger partial charge in [0.05, 0.1) is 19.1 Å². The van der Waals surface area contributed by atoms with Crippen molar-refractivity contribution in [2.75, 3.05) is 24.2 Å². The quantitative estimate of drug-likeness (QED) is 0.510. The highest BCUT2D eigenvalue weighted by molar-refractivity contribution is 7.92. The zero-order valence-electron chi connectivity index (χ0n) is 20.6. The normalized spacial score (nSPS) is 14.8. The molecule has 3 rings (SSSR count). The van der Waals surface area contributed by atoms with E-state index in [1.165, 1.54) is 12.0 Å². The lowest BCUT2D eigenvalue weighted by Crippen LogP contribution is -2.53. The van der Waals surface area contributed by atoms with Crippen LogP contribution in [0.25, 0.3) is 0 Å². The predicted molar refractivity (Wildman–Crippen MR) is 137 cm³/mol. The van der Waals surface area contributed by atoms with Gasteiger partial charge in [-0.05, 0) is 49.1 Å². The minimum atomic E-state index is -3.77. The minimum absolute atomic E-state index is 0.122. The molecule has 1 atom stereocenters. The van der Waals surface area contributed by atoms with Crippen LogP contribution in [0.4, 0.5) is 5.69 Å². The number of anilines is 1. The molecular weight excluding hydrogens is 466 g/mol. The largest absolute Gasteiger partial charge is 0.497 e. The van der Waals surface area contributed by atoms with E-state index in [0.717, 1.165) is 41.8 Å². The maximum atomic E-state index is 13.7. The topological polar surface area (TPSA) is 96.0 Å². The van der Waals surface area contributed by atoms with Crippen molar-refractivity contribution < 1.29 is 22.7 Å². The Morgan fingerprint density at radius 1 is 1.06 bits per heavy atom. The molecule has 0 heterocycles. The molecule has 1 N–H and O–H groups in total. The van der Waals surface area contributed by atoms with E-state index in [1.807, 2.05) is 37.3 Å². The van der Waals surface area contributed by atoms with Crippen molar-refractivity contribution in [1.82, 2.24) is 10.2 Å². The Morgan fingerprint density at radius 3 is 2.23 bits per heavy atom. The van der Waals surface area contributed by atoms with Crippen molar-refractivity contribution in [2.24, 2.45) is 0 Å². The Kier molecular flexibility index (Phi) is 9.14. The zero-order chi connectivity index (χ0) is 25.4. The van der Waals surface area contributed by atoms with Crippen molar-refractivity contribution in [3.05, 3.63) is 60.2 Å². The fourth-order valence-electron chi connectivity index (χ4n) is 4.43. The van der Waals surface area contributed by atoms with E-state index in [2.05, 4.69) is 5.32 Å². The highest BCUT2D eigenvalue weighted by Gasteiger charge is 2.33. The van der Waals surface area contributed by atoms with Crippen molar-refractivity contribution in [3.63, 3.8) is 0 Å². The van der Waals surface area contributed by atoms with E-state index in [4.69, 9.17) is 4.74 Å². The SMILES string of the molecule is CCC(C(=O)NC1CCCC1)N(Cc1ccccc1)C(=O)CN(c1ccc(OC)cc1)S(C)(=O)=O. The molecule has 1 fully saturated rings. The Morgan fingerprint density at radius 2 is 1.69 bits per heavy atom. The summed E-state index contributed by atoms with van der Waals surface area (Å²) in [5.41, 5.74) is 1.22. The average molecular weight is 502 g/mol. The van der Waals surface area contributed by atoms with Gasteiger partial charge in [0.1, 0.15) is 18.3 Å². The van der Waals surface area contributed by atoms with Gasteiger partial charge in [-0.2, -0.15) is 0 Å². The van der Waals surface area contributed by atoms with Crippen molar-refractivity contribution in [1.29, 1.82) is 0 Å². The fraction of sp³-hybridized carbons (Fsp3) is 0.462. The zero-order valence-corrected chi connectivity index (χ0v) is 21.5. The molecule has 2 aromatic carbocycles. The third-order valence-electron chi connectivity index (χ3n) is 6.32.